The minimum atomic E-state index is -0.164. The molecule has 13 rings (SSSR count). The second-order valence-electron chi connectivity index (χ2n) is 16.0. The number of aromatic nitrogens is 2. The average Bonchev–Trinajstić information content (AvgIpc) is 3.89. The molecule has 4 aliphatic rings. The van der Waals surface area contributed by atoms with Crippen LogP contribution in [0.3, 0.4) is 0 Å². The molecule has 0 saturated heterocycles. The topological polar surface area (TPSA) is 23.0 Å². The van der Waals surface area contributed by atoms with E-state index in [9.17, 15) is 0 Å². The molecule has 2 aliphatic carbocycles. The Hall–Kier alpha value is -5.74. The lowest BCUT2D eigenvalue weighted by Crippen LogP contribution is -2.55. The molecule has 0 amide bonds. The van der Waals surface area contributed by atoms with Crippen molar-refractivity contribution in [2.24, 2.45) is 0 Å². The van der Waals surface area contributed by atoms with Gasteiger partial charge in [-0.3, -0.25) is 0 Å². The molecule has 0 unspecified atom stereocenters. The lowest BCUT2D eigenvalue weighted by atomic mass is 9.45. The van der Waals surface area contributed by atoms with Crippen molar-refractivity contribution in [3.63, 3.8) is 0 Å². The second-order valence-corrected chi connectivity index (χ2v) is 16.0. The Kier molecular flexibility index (Phi) is 4.19. The van der Waals surface area contributed by atoms with Gasteiger partial charge in [0.25, 0.3) is 0 Å². The summed E-state index contributed by atoms with van der Waals surface area (Å²) < 4.78 is 12.1. The third-order valence-electron chi connectivity index (χ3n) is 13.0. The molecule has 4 heteroatoms. The van der Waals surface area contributed by atoms with Gasteiger partial charge in [0.1, 0.15) is 5.58 Å². The second kappa shape index (κ2) is 8.00. The van der Waals surface area contributed by atoms with E-state index in [4.69, 9.17) is 4.42 Å². The lowest BCUT2D eigenvalue weighted by Gasteiger charge is -2.37. The molecule has 0 spiro atoms. The van der Waals surface area contributed by atoms with Gasteiger partial charge >= 0.3 is 6.85 Å². The molecule has 6 aromatic carbocycles. The van der Waals surface area contributed by atoms with Crippen LogP contribution >= 0.6 is 0 Å². The Balaban J connectivity index is 1.32. The monoisotopic (exact) mass is 638 g/mol. The van der Waals surface area contributed by atoms with Crippen LogP contribution in [0.1, 0.15) is 49.9 Å². The fourth-order valence-corrected chi connectivity index (χ4v) is 11.2. The first kappa shape index (κ1) is 26.2. The summed E-state index contributed by atoms with van der Waals surface area (Å²) in [6.45, 7) is 9.70. The van der Waals surface area contributed by atoms with Crippen LogP contribution in [0.4, 0.5) is 0 Å². The molecule has 0 fully saturated rings. The smallest absolute Gasteiger partial charge is 0.333 e. The van der Waals surface area contributed by atoms with E-state index in [2.05, 4.69) is 152 Å². The molecule has 0 radical (unpaired) electrons. The maximum Gasteiger partial charge on any atom is 0.333 e. The van der Waals surface area contributed by atoms with E-state index in [1.54, 1.807) is 0 Å². The largest absolute Gasteiger partial charge is 0.454 e. The van der Waals surface area contributed by atoms with Crippen molar-refractivity contribution in [1.82, 2.24) is 9.05 Å². The fourth-order valence-electron chi connectivity index (χ4n) is 11.2. The Bertz CT molecular complexity index is 3110. The molecule has 50 heavy (non-hydrogen) atoms. The summed E-state index contributed by atoms with van der Waals surface area (Å²) in [5, 5.41) is 3.73. The third kappa shape index (κ3) is 2.57. The maximum absolute atomic E-state index is 6.79. The van der Waals surface area contributed by atoms with Crippen molar-refractivity contribution in [2.75, 3.05) is 0 Å². The van der Waals surface area contributed by atoms with Crippen LogP contribution in [0.15, 0.2) is 120 Å². The summed E-state index contributed by atoms with van der Waals surface area (Å²) >= 11 is 0. The van der Waals surface area contributed by atoms with Crippen molar-refractivity contribution in [1.29, 1.82) is 0 Å². The zero-order valence-corrected chi connectivity index (χ0v) is 28.3. The summed E-state index contributed by atoms with van der Waals surface area (Å²) in [6, 6.07) is 43.4. The first-order chi connectivity index (χ1) is 24.4. The van der Waals surface area contributed by atoms with Gasteiger partial charge < -0.3 is 13.5 Å². The molecule has 0 bridgehead atoms. The normalized spacial score (nSPS) is 16.3. The molecule has 5 heterocycles. The number of benzene rings is 6. The Labute approximate surface area is 289 Å². The highest BCUT2D eigenvalue weighted by molar-refractivity contribution is 6.90. The average molecular weight is 639 g/mol. The molecule has 3 nitrogen and oxygen atoms in total. The van der Waals surface area contributed by atoms with E-state index in [1.165, 1.54) is 105 Å². The molecule has 0 atom stereocenters. The van der Waals surface area contributed by atoms with Crippen LogP contribution in [-0.4, -0.2) is 15.9 Å². The Morgan fingerprint density at radius 1 is 0.560 bits per heavy atom. The van der Waals surface area contributed by atoms with Crippen LogP contribution in [0.25, 0.3) is 83.1 Å². The number of nitrogens with zero attached hydrogens (tertiary/aromatic N) is 2. The van der Waals surface area contributed by atoms with Gasteiger partial charge in [-0.15, -0.1) is 0 Å². The van der Waals surface area contributed by atoms with Gasteiger partial charge in [0, 0.05) is 49.3 Å². The van der Waals surface area contributed by atoms with Crippen molar-refractivity contribution < 1.29 is 4.42 Å². The van der Waals surface area contributed by atoms with E-state index in [1.807, 2.05) is 0 Å². The van der Waals surface area contributed by atoms with Gasteiger partial charge in [-0.05, 0) is 74.1 Å². The number of hydrogen-bond donors (Lipinski definition) is 0. The maximum atomic E-state index is 6.79. The van der Waals surface area contributed by atoms with Gasteiger partial charge in [-0.2, -0.15) is 0 Å². The van der Waals surface area contributed by atoms with Crippen molar-refractivity contribution in [3.8, 4) is 39.2 Å². The quantitative estimate of drug-likeness (QED) is 0.152. The molecule has 3 aromatic heterocycles. The summed E-state index contributed by atoms with van der Waals surface area (Å²) in [7, 11) is 0. The minimum absolute atomic E-state index is 0.00898. The molecule has 0 N–H and O–H groups in total. The summed E-state index contributed by atoms with van der Waals surface area (Å²) in [6.07, 6.45) is 0. The zero-order valence-electron chi connectivity index (χ0n) is 28.3. The highest BCUT2D eigenvalue weighted by Gasteiger charge is 2.50. The number of para-hydroxylation sites is 3. The fraction of sp³-hybridized carbons (Fsp3) is 0.130. The van der Waals surface area contributed by atoms with E-state index in [0.717, 1.165) is 11.2 Å². The van der Waals surface area contributed by atoms with Gasteiger partial charge in [0.2, 0.25) is 0 Å². The van der Waals surface area contributed by atoms with Crippen molar-refractivity contribution in [3.05, 3.63) is 138 Å². The predicted octanol–water partition coefficient (Wildman–Crippen LogP) is 10.0. The van der Waals surface area contributed by atoms with Crippen LogP contribution in [0, 0.1) is 0 Å². The molecular formula is C46H31BN2O. The van der Waals surface area contributed by atoms with Crippen LogP contribution < -0.4 is 10.9 Å². The number of furan rings is 1. The first-order valence-electron chi connectivity index (χ1n) is 17.9. The molecule has 234 valence electrons. The van der Waals surface area contributed by atoms with E-state index < -0.39 is 0 Å². The van der Waals surface area contributed by atoms with Crippen LogP contribution in [-0.2, 0) is 10.8 Å². The predicted molar refractivity (Wildman–Crippen MR) is 207 cm³/mol. The van der Waals surface area contributed by atoms with E-state index in [-0.39, 0.29) is 17.7 Å². The summed E-state index contributed by atoms with van der Waals surface area (Å²) in [5.74, 6) is 0. The number of rotatable bonds is 0. The Morgan fingerprint density at radius 2 is 1.22 bits per heavy atom. The highest BCUT2D eigenvalue weighted by atomic mass is 16.3. The summed E-state index contributed by atoms with van der Waals surface area (Å²) in [4.78, 5) is 0. The molecular weight excluding hydrogens is 607 g/mol. The molecule has 0 saturated carbocycles. The SMILES string of the molecule is CC1(C)c2ccccc2-c2cc3c4c(c21)-c1cccc2c5oc6ccccc6c5n(c12)B4c1cccc2c4c(n-3c12)-c1ccccc1C4(C)C. The highest BCUT2D eigenvalue weighted by Crippen LogP contribution is 2.58. The van der Waals surface area contributed by atoms with Gasteiger partial charge in [-0.25, -0.2) is 0 Å². The van der Waals surface area contributed by atoms with Gasteiger partial charge in [0.15, 0.2) is 5.58 Å². The zero-order chi connectivity index (χ0) is 33.0. The summed E-state index contributed by atoms with van der Waals surface area (Å²) in [5.41, 5.74) is 23.4. The van der Waals surface area contributed by atoms with Crippen molar-refractivity contribution >= 4 is 61.6 Å². The molecule has 9 aromatic rings. The molecule has 2 aliphatic heterocycles. The standard InChI is InChI=1S/C46H31BN2O/c1-45(2)31-19-8-5-13-24(31)30-23-34-39-36(37(30)45)27-16-11-18-29-40(27)49(43-26-15-7-10-22-35(26)50-44(29)43)47(39)33-21-12-17-28-38-42(48(34)41(28)33)25-14-6-9-20-32(25)46(38,3)4/h5-23H,1-4H3. The number of fused-ring (bicyclic) bond motifs is 18. The van der Waals surface area contributed by atoms with Gasteiger partial charge in [0.05, 0.1) is 16.7 Å². The van der Waals surface area contributed by atoms with Gasteiger partial charge in [-0.1, -0.05) is 119 Å². The van der Waals surface area contributed by atoms with E-state index >= 15 is 0 Å². The van der Waals surface area contributed by atoms with E-state index in [0.29, 0.717) is 0 Å². The Morgan fingerprint density at radius 3 is 2.08 bits per heavy atom. The lowest BCUT2D eigenvalue weighted by molar-refractivity contribution is 0.662. The van der Waals surface area contributed by atoms with Crippen molar-refractivity contribution in [2.45, 2.75) is 38.5 Å². The minimum Gasteiger partial charge on any atom is -0.454 e. The first-order valence-corrected chi connectivity index (χ1v) is 17.9. The third-order valence-corrected chi connectivity index (χ3v) is 13.0. The number of hydrogen-bond acceptors (Lipinski definition) is 1. The van der Waals surface area contributed by atoms with Crippen LogP contribution in [0.2, 0.25) is 0 Å². The van der Waals surface area contributed by atoms with Crippen LogP contribution in [0.5, 0.6) is 0 Å².